The molecule has 2 nitrogen and oxygen atoms in total. The van der Waals surface area contributed by atoms with Crippen molar-refractivity contribution in [2.24, 2.45) is 0 Å². The lowest BCUT2D eigenvalue weighted by molar-refractivity contribution is 0.194. The third-order valence-corrected chi connectivity index (χ3v) is 2.08. The minimum absolute atomic E-state index is 0.118. The molecule has 0 spiro atoms. The molecule has 1 heterocycles. The Bertz CT molecular complexity index is 286. The molecule has 1 aromatic rings. The van der Waals surface area contributed by atoms with E-state index in [0.717, 1.165) is 5.69 Å². The van der Waals surface area contributed by atoms with Gasteiger partial charge in [0.1, 0.15) is 0 Å². The van der Waals surface area contributed by atoms with Crippen LogP contribution in [0.25, 0.3) is 0 Å². The zero-order valence-corrected chi connectivity index (χ0v) is 8.70. The molecule has 0 aliphatic carbocycles. The van der Waals surface area contributed by atoms with Gasteiger partial charge in [-0.15, -0.1) is 0 Å². The Morgan fingerprint density at radius 1 is 1.38 bits per heavy atom. The second-order valence-corrected chi connectivity index (χ2v) is 4.40. The van der Waals surface area contributed by atoms with Crippen LogP contribution >= 0.6 is 0 Å². The van der Waals surface area contributed by atoms with E-state index in [2.05, 4.69) is 25.8 Å². The molecular weight excluding hydrogens is 162 g/mol. The Labute approximate surface area is 79.6 Å². The zero-order valence-electron chi connectivity index (χ0n) is 8.70. The molecule has 1 aromatic heterocycles. The molecule has 0 saturated heterocycles. The van der Waals surface area contributed by atoms with Crippen molar-refractivity contribution < 1.29 is 5.11 Å². The normalized spacial score (nSPS) is 14.2. The van der Waals surface area contributed by atoms with E-state index in [1.165, 1.54) is 5.56 Å². The molecular formula is C11H17NO. The fourth-order valence-corrected chi connectivity index (χ4v) is 1.14. The summed E-state index contributed by atoms with van der Waals surface area (Å²) in [5, 5.41) is 9.35. The molecule has 72 valence electrons. The van der Waals surface area contributed by atoms with Gasteiger partial charge >= 0.3 is 0 Å². The number of pyridine rings is 1. The van der Waals surface area contributed by atoms with Crippen molar-refractivity contribution in [1.29, 1.82) is 0 Å². The van der Waals surface area contributed by atoms with Crippen LogP contribution in [0.2, 0.25) is 0 Å². The molecule has 13 heavy (non-hydrogen) atoms. The summed E-state index contributed by atoms with van der Waals surface area (Å²) in [5.41, 5.74) is 2.07. The van der Waals surface area contributed by atoms with Crippen LogP contribution in [-0.4, -0.2) is 10.1 Å². The molecule has 0 amide bonds. The van der Waals surface area contributed by atoms with Gasteiger partial charge in [-0.25, -0.2) is 0 Å². The lowest BCUT2D eigenvalue weighted by atomic mass is 9.87. The van der Waals surface area contributed by atoms with Crippen LogP contribution in [0.4, 0.5) is 0 Å². The van der Waals surface area contributed by atoms with Crippen LogP contribution in [-0.2, 0) is 5.41 Å². The molecule has 1 rings (SSSR count). The predicted molar refractivity (Wildman–Crippen MR) is 53.6 cm³/mol. The summed E-state index contributed by atoms with van der Waals surface area (Å²) >= 11 is 0. The van der Waals surface area contributed by atoms with Crippen molar-refractivity contribution in [2.45, 2.75) is 39.2 Å². The lowest BCUT2D eigenvalue weighted by Gasteiger charge is -2.19. The molecule has 0 saturated carbocycles. The first-order valence-electron chi connectivity index (χ1n) is 4.56. The average molecular weight is 179 g/mol. The van der Waals surface area contributed by atoms with Crippen molar-refractivity contribution in [3.05, 3.63) is 29.6 Å². The fourth-order valence-electron chi connectivity index (χ4n) is 1.14. The Morgan fingerprint density at radius 3 is 2.46 bits per heavy atom. The highest BCUT2D eigenvalue weighted by Gasteiger charge is 2.14. The number of aliphatic hydroxyl groups is 1. The highest BCUT2D eigenvalue weighted by atomic mass is 16.3. The maximum Gasteiger partial charge on any atom is 0.0931 e. The molecule has 0 aliphatic heterocycles. The van der Waals surface area contributed by atoms with E-state index in [4.69, 9.17) is 0 Å². The van der Waals surface area contributed by atoms with E-state index in [-0.39, 0.29) is 5.41 Å². The molecule has 0 aliphatic rings. The monoisotopic (exact) mass is 179 g/mol. The summed E-state index contributed by atoms with van der Waals surface area (Å²) in [6.45, 7) is 8.17. The summed E-state index contributed by atoms with van der Waals surface area (Å²) < 4.78 is 0. The zero-order chi connectivity index (χ0) is 10.1. The fraction of sp³-hybridized carbons (Fsp3) is 0.545. The van der Waals surface area contributed by atoms with Crippen LogP contribution < -0.4 is 0 Å². The number of aliphatic hydroxyl groups excluding tert-OH is 1. The van der Waals surface area contributed by atoms with Gasteiger partial charge in [0, 0.05) is 6.20 Å². The molecule has 0 bridgehead atoms. The number of hydrogen-bond donors (Lipinski definition) is 1. The second-order valence-electron chi connectivity index (χ2n) is 4.40. The Kier molecular flexibility index (Phi) is 2.71. The lowest BCUT2D eigenvalue weighted by Crippen LogP contribution is -2.12. The first kappa shape index (κ1) is 10.2. The van der Waals surface area contributed by atoms with Crippen molar-refractivity contribution in [1.82, 2.24) is 4.98 Å². The van der Waals surface area contributed by atoms with Gasteiger partial charge in [0.05, 0.1) is 11.8 Å². The first-order valence-corrected chi connectivity index (χ1v) is 4.56. The van der Waals surface area contributed by atoms with Gasteiger partial charge < -0.3 is 5.11 Å². The smallest absolute Gasteiger partial charge is 0.0931 e. The van der Waals surface area contributed by atoms with E-state index in [1.807, 2.05) is 12.1 Å². The minimum Gasteiger partial charge on any atom is -0.387 e. The Morgan fingerprint density at radius 2 is 2.00 bits per heavy atom. The SMILES string of the molecule is CC(O)c1cc(C(C)(C)C)ccn1. The van der Waals surface area contributed by atoms with Crippen LogP contribution in [0.15, 0.2) is 18.3 Å². The van der Waals surface area contributed by atoms with Gasteiger partial charge in [0.15, 0.2) is 0 Å². The van der Waals surface area contributed by atoms with E-state index in [9.17, 15) is 5.11 Å². The molecule has 0 radical (unpaired) electrons. The largest absolute Gasteiger partial charge is 0.387 e. The van der Waals surface area contributed by atoms with Gasteiger partial charge in [0.2, 0.25) is 0 Å². The minimum atomic E-state index is -0.484. The van der Waals surface area contributed by atoms with E-state index >= 15 is 0 Å². The van der Waals surface area contributed by atoms with Crippen molar-refractivity contribution >= 4 is 0 Å². The van der Waals surface area contributed by atoms with Gasteiger partial charge in [-0.1, -0.05) is 20.8 Å². The molecule has 0 fully saturated rings. The van der Waals surface area contributed by atoms with Crippen LogP contribution in [0.5, 0.6) is 0 Å². The molecule has 1 unspecified atom stereocenters. The van der Waals surface area contributed by atoms with Crippen molar-refractivity contribution in [2.75, 3.05) is 0 Å². The van der Waals surface area contributed by atoms with Gasteiger partial charge in [0.25, 0.3) is 0 Å². The van der Waals surface area contributed by atoms with Crippen LogP contribution in [0, 0.1) is 0 Å². The van der Waals surface area contributed by atoms with E-state index < -0.39 is 6.10 Å². The Hall–Kier alpha value is -0.890. The van der Waals surface area contributed by atoms with E-state index in [1.54, 1.807) is 13.1 Å². The van der Waals surface area contributed by atoms with Gasteiger partial charge in [-0.2, -0.15) is 0 Å². The highest BCUT2D eigenvalue weighted by Crippen LogP contribution is 2.23. The average Bonchev–Trinajstić information content (AvgIpc) is 2.03. The maximum absolute atomic E-state index is 9.35. The van der Waals surface area contributed by atoms with Crippen molar-refractivity contribution in [3.8, 4) is 0 Å². The third kappa shape index (κ3) is 2.52. The number of rotatable bonds is 1. The topological polar surface area (TPSA) is 33.1 Å². The summed E-state index contributed by atoms with van der Waals surface area (Å²) in [5.74, 6) is 0. The molecule has 2 heteroatoms. The summed E-state index contributed by atoms with van der Waals surface area (Å²) in [7, 11) is 0. The number of nitrogens with zero attached hydrogens (tertiary/aromatic N) is 1. The first-order chi connectivity index (χ1) is 5.91. The van der Waals surface area contributed by atoms with E-state index in [0.29, 0.717) is 0 Å². The predicted octanol–water partition coefficient (Wildman–Crippen LogP) is 2.43. The quantitative estimate of drug-likeness (QED) is 0.718. The van der Waals surface area contributed by atoms with Crippen LogP contribution in [0.3, 0.4) is 0 Å². The summed E-state index contributed by atoms with van der Waals surface area (Å²) in [6.07, 6.45) is 1.27. The number of hydrogen-bond acceptors (Lipinski definition) is 2. The molecule has 0 aromatic carbocycles. The Balaban J connectivity index is 3.06. The third-order valence-electron chi connectivity index (χ3n) is 2.08. The summed E-state index contributed by atoms with van der Waals surface area (Å²) in [4.78, 5) is 4.10. The molecule has 1 N–H and O–H groups in total. The highest BCUT2D eigenvalue weighted by molar-refractivity contribution is 5.24. The second kappa shape index (κ2) is 3.46. The van der Waals surface area contributed by atoms with Crippen molar-refractivity contribution in [3.63, 3.8) is 0 Å². The van der Waals surface area contributed by atoms with Crippen LogP contribution in [0.1, 0.15) is 45.1 Å². The van der Waals surface area contributed by atoms with Gasteiger partial charge in [-0.3, -0.25) is 4.98 Å². The number of aromatic nitrogens is 1. The standard InChI is InChI=1S/C11H17NO/c1-8(13)10-7-9(5-6-12-10)11(2,3)4/h5-8,13H,1-4H3. The van der Waals surface area contributed by atoms with Gasteiger partial charge in [-0.05, 0) is 30.0 Å². The molecule has 1 atom stereocenters. The summed E-state index contributed by atoms with van der Waals surface area (Å²) in [6, 6.07) is 3.95. The maximum atomic E-state index is 9.35.